The van der Waals surface area contributed by atoms with E-state index < -0.39 is 11.7 Å². The van der Waals surface area contributed by atoms with E-state index in [0.29, 0.717) is 5.82 Å². The van der Waals surface area contributed by atoms with E-state index in [9.17, 15) is 4.79 Å². The molecule has 0 aromatic carbocycles. The third-order valence-electron chi connectivity index (χ3n) is 1.63. The van der Waals surface area contributed by atoms with E-state index in [2.05, 4.69) is 32.6 Å². The molecule has 16 heavy (non-hydrogen) atoms. The third-order valence-corrected chi connectivity index (χ3v) is 2.39. The van der Waals surface area contributed by atoms with Crippen LogP contribution in [-0.2, 0) is 4.74 Å². The summed E-state index contributed by atoms with van der Waals surface area (Å²) in [6, 6.07) is 0. The zero-order chi connectivity index (χ0) is 12.3. The predicted octanol–water partition coefficient (Wildman–Crippen LogP) is 2.45. The lowest BCUT2D eigenvalue weighted by Crippen LogP contribution is -2.35. The number of aromatic nitrogens is 2. The zero-order valence-electron chi connectivity index (χ0n) is 9.69. The lowest BCUT2D eigenvalue weighted by Gasteiger charge is -2.24. The van der Waals surface area contributed by atoms with Crippen molar-refractivity contribution in [1.82, 2.24) is 9.97 Å². The van der Waals surface area contributed by atoms with Gasteiger partial charge in [-0.05, 0) is 43.4 Å². The second-order valence-electron chi connectivity index (χ2n) is 4.23. The Kier molecular flexibility index (Phi) is 4.06. The van der Waals surface area contributed by atoms with Gasteiger partial charge in [-0.1, -0.05) is 0 Å². The molecule has 1 amide bonds. The van der Waals surface area contributed by atoms with Crippen molar-refractivity contribution in [3.05, 3.63) is 16.1 Å². The van der Waals surface area contributed by atoms with Gasteiger partial charge in [-0.25, -0.2) is 14.8 Å². The molecular formula is C10H14IN3O2. The van der Waals surface area contributed by atoms with Gasteiger partial charge in [0, 0.05) is 13.2 Å². The Morgan fingerprint density at radius 2 is 2.12 bits per heavy atom. The molecule has 1 aromatic rings. The van der Waals surface area contributed by atoms with Gasteiger partial charge in [0.2, 0.25) is 0 Å². The summed E-state index contributed by atoms with van der Waals surface area (Å²) >= 11 is 2.07. The number of halogens is 1. The fraction of sp³-hybridized carbons (Fsp3) is 0.500. The highest BCUT2D eigenvalue weighted by molar-refractivity contribution is 14.1. The van der Waals surface area contributed by atoms with Crippen LogP contribution in [0.15, 0.2) is 12.5 Å². The summed E-state index contributed by atoms with van der Waals surface area (Å²) in [6.45, 7) is 5.47. The van der Waals surface area contributed by atoms with Gasteiger partial charge in [-0.15, -0.1) is 0 Å². The number of amides is 1. The molecule has 1 rings (SSSR count). The second kappa shape index (κ2) is 4.94. The Morgan fingerprint density at radius 1 is 1.50 bits per heavy atom. The van der Waals surface area contributed by atoms with Crippen molar-refractivity contribution in [1.29, 1.82) is 0 Å². The minimum absolute atomic E-state index is 0.427. The Labute approximate surface area is 108 Å². The number of anilines is 1. The van der Waals surface area contributed by atoms with Gasteiger partial charge in [0.1, 0.15) is 11.9 Å². The number of hydrogen-bond acceptors (Lipinski definition) is 4. The van der Waals surface area contributed by atoms with E-state index in [4.69, 9.17) is 4.74 Å². The van der Waals surface area contributed by atoms with Gasteiger partial charge in [0.25, 0.3) is 0 Å². The van der Waals surface area contributed by atoms with Crippen LogP contribution in [-0.4, -0.2) is 28.7 Å². The maximum absolute atomic E-state index is 11.8. The van der Waals surface area contributed by atoms with Crippen LogP contribution < -0.4 is 4.90 Å². The first-order valence-electron chi connectivity index (χ1n) is 4.73. The van der Waals surface area contributed by atoms with Crippen LogP contribution in [0.25, 0.3) is 0 Å². The standard InChI is InChI=1S/C10H14IN3O2/c1-10(2,3)16-9(15)14(4)8-7(11)5-12-6-13-8/h5-6H,1-4H3. The Morgan fingerprint density at radius 3 is 2.62 bits per heavy atom. The Bertz CT molecular complexity index is 390. The molecule has 0 saturated heterocycles. The summed E-state index contributed by atoms with van der Waals surface area (Å²) in [5, 5.41) is 0. The van der Waals surface area contributed by atoms with E-state index in [0.717, 1.165) is 3.57 Å². The van der Waals surface area contributed by atoms with Crippen molar-refractivity contribution in [2.75, 3.05) is 11.9 Å². The third kappa shape index (κ3) is 3.58. The summed E-state index contributed by atoms with van der Waals surface area (Å²) in [6.07, 6.45) is 2.62. The van der Waals surface area contributed by atoms with Crippen LogP contribution in [0.3, 0.4) is 0 Å². The van der Waals surface area contributed by atoms with Crippen molar-refractivity contribution in [3.63, 3.8) is 0 Å². The molecular weight excluding hydrogens is 321 g/mol. The highest BCUT2D eigenvalue weighted by Gasteiger charge is 2.22. The molecule has 0 fully saturated rings. The normalized spacial score (nSPS) is 11.1. The molecule has 0 atom stereocenters. The van der Waals surface area contributed by atoms with Gasteiger partial charge >= 0.3 is 6.09 Å². The maximum Gasteiger partial charge on any atom is 0.415 e. The molecule has 0 N–H and O–H groups in total. The molecule has 0 aliphatic rings. The summed E-state index contributed by atoms with van der Waals surface area (Å²) < 4.78 is 6.03. The minimum Gasteiger partial charge on any atom is -0.443 e. The Hall–Kier alpha value is -0.920. The maximum atomic E-state index is 11.8. The molecule has 0 unspecified atom stereocenters. The lowest BCUT2D eigenvalue weighted by molar-refractivity contribution is 0.0588. The fourth-order valence-electron chi connectivity index (χ4n) is 0.970. The number of hydrogen-bond donors (Lipinski definition) is 0. The average molecular weight is 335 g/mol. The molecule has 0 aliphatic carbocycles. The fourth-order valence-corrected chi connectivity index (χ4v) is 1.63. The van der Waals surface area contributed by atoms with Crippen LogP contribution in [0, 0.1) is 3.57 Å². The highest BCUT2D eigenvalue weighted by Crippen LogP contribution is 2.19. The molecule has 0 radical (unpaired) electrons. The molecule has 6 heteroatoms. The van der Waals surface area contributed by atoms with E-state index in [1.807, 2.05) is 20.8 Å². The van der Waals surface area contributed by atoms with Crippen molar-refractivity contribution >= 4 is 34.5 Å². The first-order chi connectivity index (χ1) is 7.31. The topological polar surface area (TPSA) is 55.3 Å². The van der Waals surface area contributed by atoms with Crippen molar-refractivity contribution in [2.45, 2.75) is 26.4 Å². The lowest BCUT2D eigenvalue weighted by atomic mass is 10.2. The molecule has 1 aromatic heterocycles. The van der Waals surface area contributed by atoms with Crippen LogP contribution in [0.2, 0.25) is 0 Å². The number of carbonyl (C=O) groups excluding carboxylic acids is 1. The Balaban J connectivity index is 2.83. The monoisotopic (exact) mass is 335 g/mol. The number of ether oxygens (including phenoxy) is 1. The van der Waals surface area contributed by atoms with Crippen LogP contribution >= 0.6 is 22.6 Å². The first-order valence-corrected chi connectivity index (χ1v) is 5.81. The van der Waals surface area contributed by atoms with Gasteiger partial charge in [0.15, 0.2) is 5.82 Å². The quantitative estimate of drug-likeness (QED) is 0.740. The summed E-state index contributed by atoms with van der Waals surface area (Å²) in [7, 11) is 1.62. The molecule has 5 nitrogen and oxygen atoms in total. The number of carbonyl (C=O) groups is 1. The van der Waals surface area contributed by atoms with Crippen LogP contribution in [0.4, 0.5) is 10.6 Å². The van der Waals surface area contributed by atoms with E-state index in [-0.39, 0.29) is 0 Å². The average Bonchev–Trinajstić information content (AvgIpc) is 2.15. The molecule has 0 aliphatic heterocycles. The van der Waals surface area contributed by atoms with Gasteiger partial charge in [-0.2, -0.15) is 0 Å². The van der Waals surface area contributed by atoms with Crippen LogP contribution in [0.5, 0.6) is 0 Å². The molecule has 88 valence electrons. The van der Waals surface area contributed by atoms with Gasteiger partial charge in [0.05, 0.1) is 3.57 Å². The van der Waals surface area contributed by atoms with Crippen molar-refractivity contribution < 1.29 is 9.53 Å². The van der Waals surface area contributed by atoms with Gasteiger partial charge in [-0.3, -0.25) is 4.90 Å². The highest BCUT2D eigenvalue weighted by atomic mass is 127. The summed E-state index contributed by atoms with van der Waals surface area (Å²) in [4.78, 5) is 21.0. The summed E-state index contributed by atoms with van der Waals surface area (Å²) in [5.74, 6) is 0.546. The predicted molar refractivity (Wildman–Crippen MR) is 69.4 cm³/mol. The SMILES string of the molecule is CN(C(=O)OC(C)(C)C)c1ncncc1I. The number of rotatable bonds is 1. The van der Waals surface area contributed by atoms with E-state index in [1.165, 1.54) is 11.2 Å². The molecule has 0 saturated carbocycles. The molecule has 0 spiro atoms. The van der Waals surface area contributed by atoms with E-state index >= 15 is 0 Å². The smallest absolute Gasteiger partial charge is 0.415 e. The van der Waals surface area contributed by atoms with Gasteiger partial charge < -0.3 is 4.74 Å². The second-order valence-corrected chi connectivity index (χ2v) is 5.40. The minimum atomic E-state index is -0.510. The molecule has 0 bridgehead atoms. The van der Waals surface area contributed by atoms with Crippen molar-refractivity contribution in [3.8, 4) is 0 Å². The zero-order valence-corrected chi connectivity index (χ0v) is 11.8. The van der Waals surface area contributed by atoms with Crippen LogP contribution in [0.1, 0.15) is 20.8 Å². The van der Waals surface area contributed by atoms with Crippen molar-refractivity contribution in [2.24, 2.45) is 0 Å². The first kappa shape index (κ1) is 13.1. The number of nitrogens with zero attached hydrogens (tertiary/aromatic N) is 3. The largest absolute Gasteiger partial charge is 0.443 e. The summed E-state index contributed by atoms with van der Waals surface area (Å²) in [5.41, 5.74) is -0.510. The molecule has 1 heterocycles. The van der Waals surface area contributed by atoms with E-state index in [1.54, 1.807) is 13.2 Å².